The van der Waals surface area contributed by atoms with E-state index in [-0.39, 0.29) is 17.9 Å². The molecule has 3 rings (SSSR count). The Balaban J connectivity index is 1.77. The number of likely N-dealkylation sites (tertiary alicyclic amines) is 1. The second kappa shape index (κ2) is 5.29. The molecule has 3 heterocycles. The Bertz CT molecular complexity index is 584. The Labute approximate surface area is 133 Å². The SMILES string of the molecule is CC(C)(C(=O)N1CC2CCC(=O)NC2C1)c1sccc1Cl. The molecular formula is C15H19ClN2O2S. The third-order valence-corrected chi connectivity index (χ3v) is 6.20. The molecule has 0 aliphatic carbocycles. The number of carbonyl (C=O) groups excluding carboxylic acids is 2. The van der Waals surface area contributed by atoms with Crippen molar-refractivity contribution >= 4 is 34.8 Å². The van der Waals surface area contributed by atoms with E-state index in [1.165, 1.54) is 11.3 Å². The molecule has 2 saturated heterocycles. The van der Waals surface area contributed by atoms with E-state index < -0.39 is 5.41 Å². The van der Waals surface area contributed by atoms with Gasteiger partial charge >= 0.3 is 0 Å². The highest BCUT2D eigenvalue weighted by Crippen LogP contribution is 2.37. The lowest BCUT2D eigenvalue weighted by molar-refractivity contribution is -0.135. The number of halogens is 1. The summed E-state index contributed by atoms with van der Waals surface area (Å²) in [6, 6.07) is 1.95. The van der Waals surface area contributed by atoms with Crippen LogP contribution in [0.3, 0.4) is 0 Å². The Morgan fingerprint density at radius 3 is 2.90 bits per heavy atom. The molecule has 0 bridgehead atoms. The lowest BCUT2D eigenvalue weighted by Gasteiger charge is -2.29. The van der Waals surface area contributed by atoms with Crippen molar-refractivity contribution in [3.63, 3.8) is 0 Å². The quantitative estimate of drug-likeness (QED) is 0.907. The number of amides is 2. The zero-order chi connectivity index (χ0) is 15.2. The summed E-state index contributed by atoms with van der Waals surface area (Å²) in [5, 5.41) is 5.57. The van der Waals surface area contributed by atoms with Gasteiger partial charge in [-0.3, -0.25) is 9.59 Å². The number of nitrogens with zero attached hydrogens (tertiary/aromatic N) is 1. The number of rotatable bonds is 2. The van der Waals surface area contributed by atoms with Crippen LogP contribution in [0.2, 0.25) is 5.02 Å². The molecule has 0 aromatic carbocycles. The number of thiophene rings is 1. The van der Waals surface area contributed by atoms with Gasteiger partial charge in [-0.1, -0.05) is 11.6 Å². The monoisotopic (exact) mass is 326 g/mol. The molecule has 2 fully saturated rings. The molecule has 2 amide bonds. The van der Waals surface area contributed by atoms with Crippen LogP contribution < -0.4 is 5.32 Å². The summed E-state index contributed by atoms with van der Waals surface area (Å²) in [5.41, 5.74) is -0.622. The summed E-state index contributed by atoms with van der Waals surface area (Å²) in [6.07, 6.45) is 1.45. The van der Waals surface area contributed by atoms with Crippen LogP contribution in [0.5, 0.6) is 0 Å². The third kappa shape index (κ3) is 2.57. The van der Waals surface area contributed by atoms with Gasteiger partial charge in [0.15, 0.2) is 0 Å². The van der Waals surface area contributed by atoms with Gasteiger partial charge in [0.05, 0.1) is 16.5 Å². The lowest BCUT2D eigenvalue weighted by atomic mass is 9.89. The summed E-state index contributed by atoms with van der Waals surface area (Å²) in [6.45, 7) is 5.19. The van der Waals surface area contributed by atoms with Gasteiger partial charge in [0.1, 0.15) is 0 Å². The van der Waals surface area contributed by atoms with Gasteiger partial charge in [-0.25, -0.2) is 0 Å². The van der Waals surface area contributed by atoms with Crippen LogP contribution >= 0.6 is 22.9 Å². The van der Waals surface area contributed by atoms with E-state index in [0.717, 1.165) is 17.8 Å². The van der Waals surface area contributed by atoms with Crippen molar-refractivity contribution in [2.24, 2.45) is 5.92 Å². The van der Waals surface area contributed by atoms with Crippen molar-refractivity contribution < 1.29 is 9.59 Å². The second-order valence-electron chi connectivity index (χ2n) is 6.41. The average Bonchev–Trinajstić information content (AvgIpc) is 3.03. The lowest BCUT2D eigenvalue weighted by Crippen LogP contribution is -2.46. The fraction of sp³-hybridized carbons (Fsp3) is 0.600. The first-order valence-electron chi connectivity index (χ1n) is 7.22. The number of fused-ring (bicyclic) bond motifs is 1. The van der Waals surface area contributed by atoms with Gasteiger partial charge in [-0.2, -0.15) is 0 Å². The molecule has 1 aromatic heterocycles. The number of carbonyl (C=O) groups is 2. The first-order chi connectivity index (χ1) is 9.89. The van der Waals surface area contributed by atoms with Crippen molar-refractivity contribution in [2.75, 3.05) is 13.1 Å². The number of nitrogens with one attached hydrogen (secondary N) is 1. The highest BCUT2D eigenvalue weighted by molar-refractivity contribution is 7.10. The zero-order valence-corrected chi connectivity index (χ0v) is 13.8. The van der Waals surface area contributed by atoms with E-state index in [1.807, 2.05) is 30.2 Å². The topological polar surface area (TPSA) is 49.4 Å². The molecule has 2 atom stereocenters. The van der Waals surface area contributed by atoms with Crippen molar-refractivity contribution in [3.05, 3.63) is 21.3 Å². The first kappa shape index (κ1) is 14.9. The molecule has 114 valence electrons. The maximum absolute atomic E-state index is 12.9. The third-order valence-electron chi connectivity index (χ3n) is 4.54. The van der Waals surface area contributed by atoms with Crippen LogP contribution in [0.15, 0.2) is 11.4 Å². The Kier molecular flexibility index (Phi) is 3.74. The van der Waals surface area contributed by atoms with Gasteiger partial charge in [0.25, 0.3) is 0 Å². The largest absolute Gasteiger partial charge is 0.351 e. The number of piperidine rings is 1. The maximum atomic E-state index is 12.9. The molecule has 2 aliphatic heterocycles. The van der Waals surface area contributed by atoms with Crippen LogP contribution in [-0.2, 0) is 15.0 Å². The molecule has 0 spiro atoms. The van der Waals surface area contributed by atoms with E-state index in [0.29, 0.717) is 23.9 Å². The molecular weight excluding hydrogens is 308 g/mol. The van der Waals surface area contributed by atoms with Crippen LogP contribution in [0.25, 0.3) is 0 Å². The molecule has 6 heteroatoms. The molecule has 2 unspecified atom stereocenters. The Morgan fingerprint density at radius 1 is 1.48 bits per heavy atom. The van der Waals surface area contributed by atoms with Crippen molar-refractivity contribution in [1.82, 2.24) is 10.2 Å². The summed E-state index contributed by atoms with van der Waals surface area (Å²) >= 11 is 7.72. The van der Waals surface area contributed by atoms with Crippen LogP contribution in [0.4, 0.5) is 0 Å². The fourth-order valence-corrected chi connectivity index (χ4v) is 4.73. The second-order valence-corrected chi connectivity index (χ2v) is 7.73. The van der Waals surface area contributed by atoms with Gasteiger partial charge in [0, 0.05) is 24.4 Å². The van der Waals surface area contributed by atoms with E-state index in [2.05, 4.69) is 5.32 Å². The minimum absolute atomic E-state index is 0.0931. The van der Waals surface area contributed by atoms with Crippen molar-refractivity contribution in [2.45, 2.75) is 38.1 Å². The zero-order valence-electron chi connectivity index (χ0n) is 12.2. The predicted molar refractivity (Wildman–Crippen MR) is 83.6 cm³/mol. The van der Waals surface area contributed by atoms with Crippen LogP contribution in [-0.4, -0.2) is 35.8 Å². The van der Waals surface area contributed by atoms with Crippen LogP contribution in [0.1, 0.15) is 31.6 Å². The van der Waals surface area contributed by atoms with Crippen molar-refractivity contribution in [3.8, 4) is 0 Å². The normalized spacial score (nSPS) is 25.7. The molecule has 0 saturated carbocycles. The highest BCUT2D eigenvalue weighted by Gasteiger charge is 2.43. The standard InChI is InChI=1S/C15H19ClN2O2S/c1-15(2,13-10(16)5-6-21-13)14(20)18-7-9-3-4-12(19)17-11(9)8-18/h5-6,9,11H,3-4,7-8H2,1-2H3,(H,17,19). The van der Waals surface area contributed by atoms with Crippen molar-refractivity contribution in [1.29, 1.82) is 0 Å². The Hall–Kier alpha value is -1.07. The van der Waals surface area contributed by atoms with Crippen LogP contribution in [0, 0.1) is 5.92 Å². The summed E-state index contributed by atoms with van der Waals surface area (Å²) in [5.74, 6) is 0.586. The molecule has 1 N–H and O–H groups in total. The molecule has 0 radical (unpaired) electrons. The summed E-state index contributed by atoms with van der Waals surface area (Å²) < 4.78 is 0. The van der Waals surface area contributed by atoms with E-state index in [4.69, 9.17) is 11.6 Å². The molecule has 21 heavy (non-hydrogen) atoms. The first-order valence-corrected chi connectivity index (χ1v) is 8.47. The summed E-state index contributed by atoms with van der Waals surface area (Å²) in [4.78, 5) is 27.2. The van der Waals surface area contributed by atoms with Gasteiger partial charge in [-0.05, 0) is 37.6 Å². The highest BCUT2D eigenvalue weighted by atomic mass is 35.5. The van der Waals surface area contributed by atoms with E-state index >= 15 is 0 Å². The number of hydrogen-bond acceptors (Lipinski definition) is 3. The van der Waals surface area contributed by atoms with Gasteiger partial charge < -0.3 is 10.2 Å². The van der Waals surface area contributed by atoms with Gasteiger partial charge in [-0.15, -0.1) is 11.3 Å². The molecule has 1 aromatic rings. The average molecular weight is 327 g/mol. The Morgan fingerprint density at radius 2 is 2.24 bits per heavy atom. The number of hydrogen-bond donors (Lipinski definition) is 1. The smallest absolute Gasteiger partial charge is 0.233 e. The van der Waals surface area contributed by atoms with E-state index in [1.54, 1.807) is 0 Å². The minimum Gasteiger partial charge on any atom is -0.351 e. The molecule has 2 aliphatic rings. The maximum Gasteiger partial charge on any atom is 0.233 e. The van der Waals surface area contributed by atoms with Gasteiger partial charge in [0.2, 0.25) is 11.8 Å². The van der Waals surface area contributed by atoms with E-state index in [9.17, 15) is 9.59 Å². The summed E-state index contributed by atoms with van der Waals surface area (Å²) in [7, 11) is 0. The predicted octanol–water partition coefficient (Wildman–Crippen LogP) is 2.42. The molecule has 4 nitrogen and oxygen atoms in total. The fourth-order valence-electron chi connectivity index (χ4n) is 3.32. The minimum atomic E-state index is -0.622.